The molecular weight excluding hydrogens is 184 g/mol. The van der Waals surface area contributed by atoms with Gasteiger partial charge in [0, 0.05) is 0 Å². The van der Waals surface area contributed by atoms with Gasteiger partial charge in [0.05, 0.1) is 0 Å². The molecule has 0 aliphatic heterocycles. The topological polar surface area (TPSA) is 132 Å². The first-order chi connectivity index (χ1) is 5.88. The number of carbonyl (C=O) groups is 3. The summed E-state index contributed by atoms with van der Waals surface area (Å²) >= 11 is 0. The summed E-state index contributed by atoms with van der Waals surface area (Å²) in [6.45, 7) is 1.44. The number of aliphatic hydroxyl groups is 2. The summed E-state index contributed by atoms with van der Waals surface area (Å²) in [7, 11) is 0. The smallest absolute Gasteiger partial charge is 0.335 e. The van der Waals surface area contributed by atoms with E-state index in [-0.39, 0.29) is 0 Å². The predicted octanol–water partition coefficient (Wildman–Crippen LogP) is -1.92. The highest BCUT2D eigenvalue weighted by Crippen LogP contribution is 1.92. The zero-order valence-electron chi connectivity index (χ0n) is 6.75. The summed E-state index contributed by atoms with van der Waals surface area (Å²) in [6.07, 6.45) is -3.78. The minimum absolute atomic E-state index is 0.750. The molecule has 13 heavy (non-hydrogen) atoms. The van der Waals surface area contributed by atoms with Gasteiger partial charge in [0.15, 0.2) is 12.2 Å². The van der Waals surface area contributed by atoms with Gasteiger partial charge in [0.25, 0.3) is 0 Å². The van der Waals surface area contributed by atoms with Crippen molar-refractivity contribution in [2.24, 2.45) is 0 Å². The first-order valence-corrected chi connectivity index (χ1v) is 3.10. The molecule has 76 valence electrons. The van der Waals surface area contributed by atoms with Gasteiger partial charge in [0.1, 0.15) is 6.29 Å². The molecule has 0 saturated carbocycles. The average Bonchev–Trinajstić information content (AvgIpc) is 2.03. The third kappa shape index (κ3) is 6.91. The number of hydrogen-bond acceptors (Lipinski definition) is 5. The van der Waals surface area contributed by atoms with Gasteiger partial charge < -0.3 is 25.2 Å². The first-order valence-electron chi connectivity index (χ1n) is 3.10. The van der Waals surface area contributed by atoms with Crippen molar-refractivity contribution >= 4 is 18.2 Å². The summed E-state index contributed by atoms with van der Waals surface area (Å²) < 4.78 is 0. The Morgan fingerprint density at radius 3 is 1.31 bits per heavy atom. The molecule has 0 heterocycles. The van der Waals surface area contributed by atoms with Gasteiger partial charge in [-0.05, 0) is 6.92 Å². The van der Waals surface area contributed by atoms with E-state index in [1.54, 1.807) is 0 Å². The molecule has 4 N–H and O–H groups in total. The van der Waals surface area contributed by atoms with E-state index in [1.165, 1.54) is 6.92 Å². The molecule has 0 amide bonds. The number of carbonyl (C=O) groups excluding carboxylic acids is 1. The van der Waals surface area contributed by atoms with Crippen LogP contribution in [0.15, 0.2) is 0 Å². The van der Waals surface area contributed by atoms with E-state index in [1.807, 2.05) is 0 Å². The van der Waals surface area contributed by atoms with Gasteiger partial charge in [-0.15, -0.1) is 0 Å². The molecule has 7 nitrogen and oxygen atoms in total. The lowest BCUT2D eigenvalue weighted by atomic mass is 10.2. The van der Waals surface area contributed by atoms with E-state index in [9.17, 15) is 9.59 Å². The molecule has 0 unspecified atom stereocenters. The maximum Gasteiger partial charge on any atom is 0.335 e. The van der Waals surface area contributed by atoms with Gasteiger partial charge in [-0.2, -0.15) is 0 Å². The second kappa shape index (κ2) is 7.19. The Hall–Kier alpha value is -1.47. The molecular formula is C6H10O7. The quantitative estimate of drug-likeness (QED) is 0.385. The van der Waals surface area contributed by atoms with Gasteiger partial charge in [-0.1, -0.05) is 0 Å². The van der Waals surface area contributed by atoms with Gasteiger partial charge in [-0.3, -0.25) is 0 Å². The SMILES string of the molecule is CC=O.O=C(O)[C@H](O)[C@@H](O)C(=O)O. The number of aliphatic carboxylic acids is 2. The highest BCUT2D eigenvalue weighted by Gasteiger charge is 2.29. The molecule has 0 rings (SSSR count). The van der Waals surface area contributed by atoms with Crippen LogP contribution in [-0.2, 0) is 14.4 Å². The van der Waals surface area contributed by atoms with Crippen LogP contribution in [0.4, 0.5) is 0 Å². The predicted molar refractivity (Wildman–Crippen MR) is 39.0 cm³/mol. The van der Waals surface area contributed by atoms with Crippen LogP contribution in [0.3, 0.4) is 0 Å². The number of rotatable bonds is 3. The fourth-order valence-electron chi connectivity index (χ4n) is 0.270. The van der Waals surface area contributed by atoms with E-state index in [0.717, 1.165) is 6.29 Å². The summed E-state index contributed by atoms with van der Waals surface area (Å²) in [5, 5.41) is 32.5. The normalized spacial score (nSPS) is 13.2. The van der Waals surface area contributed by atoms with Crippen LogP contribution >= 0.6 is 0 Å². The van der Waals surface area contributed by atoms with Crippen LogP contribution in [0, 0.1) is 0 Å². The average molecular weight is 194 g/mol. The molecule has 0 spiro atoms. The van der Waals surface area contributed by atoms with Crippen LogP contribution in [0.5, 0.6) is 0 Å². The van der Waals surface area contributed by atoms with Crippen molar-refractivity contribution in [1.29, 1.82) is 0 Å². The van der Waals surface area contributed by atoms with E-state index >= 15 is 0 Å². The number of aliphatic hydroxyl groups excluding tert-OH is 2. The molecule has 0 saturated heterocycles. The molecule has 2 atom stereocenters. The molecule has 0 aromatic carbocycles. The Morgan fingerprint density at radius 2 is 1.23 bits per heavy atom. The number of hydrogen-bond donors (Lipinski definition) is 4. The molecule has 0 aromatic rings. The van der Waals surface area contributed by atoms with Crippen LogP contribution in [0.1, 0.15) is 6.92 Å². The Kier molecular flexibility index (Phi) is 7.79. The summed E-state index contributed by atoms with van der Waals surface area (Å²) in [5.74, 6) is -3.54. The third-order valence-corrected chi connectivity index (χ3v) is 0.805. The second-order valence-corrected chi connectivity index (χ2v) is 1.80. The van der Waals surface area contributed by atoms with Crippen molar-refractivity contribution in [3.63, 3.8) is 0 Å². The summed E-state index contributed by atoms with van der Waals surface area (Å²) in [5.41, 5.74) is 0. The minimum atomic E-state index is -2.27. The molecule has 7 heteroatoms. The molecule has 0 aliphatic carbocycles. The molecule has 0 bridgehead atoms. The van der Waals surface area contributed by atoms with Crippen molar-refractivity contribution in [2.45, 2.75) is 19.1 Å². The van der Waals surface area contributed by atoms with Gasteiger partial charge in [0.2, 0.25) is 0 Å². The van der Waals surface area contributed by atoms with Crippen molar-refractivity contribution in [3.8, 4) is 0 Å². The monoisotopic (exact) mass is 194 g/mol. The lowest BCUT2D eigenvalue weighted by Gasteiger charge is -2.07. The molecule has 0 aromatic heterocycles. The number of carboxylic acid groups (broad SMARTS) is 2. The van der Waals surface area contributed by atoms with Crippen molar-refractivity contribution in [2.75, 3.05) is 0 Å². The summed E-state index contributed by atoms with van der Waals surface area (Å²) in [6, 6.07) is 0. The second-order valence-electron chi connectivity index (χ2n) is 1.80. The van der Waals surface area contributed by atoms with Crippen LogP contribution in [-0.4, -0.2) is 50.9 Å². The van der Waals surface area contributed by atoms with E-state index in [0.29, 0.717) is 0 Å². The Bertz CT molecular complexity index is 169. The Morgan fingerprint density at radius 1 is 1.08 bits per heavy atom. The Balaban J connectivity index is 0. The highest BCUT2D eigenvalue weighted by molar-refractivity contribution is 5.83. The molecule has 0 fully saturated rings. The first kappa shape index (κ1) is 14.1. The van der Waals surface area contributed by atoms with E-state index < -0.39 is 24.1 Å². The van der Waals surface area contributed by atoms with Crippen molar-refractivity contribution < 1.29 is 34.8 Å². The van der Waals surface area contributed by atoms with Gasteiger partial charge >= 0.3 is 11.9 Å². The fourth-order valence-corrected chi connectivity index (χ4v) is 0.270. The minimum Gasteiger partial charge on any atom is -0.479 e. The fraction of sp³-hybridized carbons (Fsp3) is 0.500. The standard InChI is InChI=1S/C4H6O6.C2H4O/c5-1(3(7)8)2(6)4(9)10;1-2-3/h1-2,5-6H,(H,7,8)(H,9,10);2H,1H3/t1-,2-;/m1./s1. The number of aldehydes is 1. The largest absolute Gasteiger partial charge is 0.479 e. The van der Waals surface area contributed by atoms with Crippen molar-refractivity contribution in [3.05, 3.63) is 0 Å². The van der Waals surface area contributed by atoms with Crippen molar-refractivity contribution in [1.82, 2.24) is 0 Å². The van der Waals surface area contributed by atoms with Crippen LogP contribution < -0.4 is 0 Å². The highest BCUT2D eigenvalue weighted by atomic mass is 16.4. The maximum atomic E-state index is 9.77. The zero-order valence-corrected chi connectivity index (χ0v) is 6.75. The van der Waals surface area contributed by atoms with Crippen LogP contribution in [0.25, 0.3) is 0 Å². The Labute approximate surface area is 73.2 Å². The maximum absolute atomic E-state index is 9.77. The van der Waals surface area contributed by atoms with E-state index in [2.05, 4.69) is 0 Å². The molecule has 0 aliphatic rings. The van der Waals surface area contributed by atoms with E-state index in [4.69, 9.17) is 25.2 Å². The lowest BCUT2D eigenvalue weighted by Crippen LogP contribution is -2.39. The lowest BCUT2D eigenvalue weighted by molar-refractivity contribution is -0.165. The van der Waals surface area contributed by atoms with Crippen LogP contribution in [0.2, 0.25) is 0 Å². The zero-order chi connectivity index (χ0) is 11.0. The molecule has 0 radical (unpaired) electrons. The van der Waals surface area contributed by atoms with Gasteiger partial charge in [-0.25, -0.2) is 9.59 Å². The third-order valence-electron chi connectivity index (χ3n) is 0.805. The summed E-state index contributed by atoms with van der Waals surface area (Å²) in [4.78, 5) is 28.3. The number of carboxylic acids is 2.